The maximum Gasteiger partial charge on any atom is 0.278 e. The van der Waals surface area contributed by atoms with Crippen molar-refractivity contribution in [3.05, 3.63) is 35.9 Å². The minimum Gasteiger partial charge on any atom is -0.348 e. The second kappa shape index (κ2) is 9.58. The van der Waals surface area contributed by atoms with Crippen LogP contribution in [0.5, 0.6) is 0 Å². The van der Waals surface area contributed by atoms with Crippen molar-refractivity contribution in [3.63, 3.8) is 0 Å². The van der Waals surface area contributed by atoms with Gasteiger partial charge in [0.05, 0.1) is 31.9 Å². The second-order valence-electron chi connectivity index (χ2n) is 8.90. The van der Waals surface area contributed by atoms with Gasteiger partial charge in [0.25, 0.3) is 5.91 Å². The van der Waals surface area contributed by atoms with Crippen molar-refractivity contribution in [3.8, 4) is 0 Å². The lowest BCUT2D eigenvalue weighted by molar-refractivity contribution is -0.917. The maximum absolute atomic E-state index is 12.8. The lowest BCUT2D eigenvalue weighted by Gasteiger charge is -2.37. The van der Waals surface area contributed by atoms with E-state index < -0.39 is 10.0 Å². The van der Waals surface area contributed by atoms with Crippen LogP contribution in [0, 0.1) is 11.8 Å². The molecule has 2 N–H and O–H groups in total. The fourth-order valence-corrected chi connectivity index (χ4v) is 6.17. The van der Waals surface area contributed by atoms with E-state index in [-0.39, 0.29) is 23.7 Å². The predicted octanol–water partition coefficient (Wildman–Crippen LogP) is 1.05. The van der Waals surface area contributed by atoms with Gasteiger partial charge >= 0.3 is 0 Å². The van der Waals surface area contributed by atoms with Crippen molar-refractivity contribution < 1.29 is 18.1 Å². The highest BCUT2D eigenvalue weighted by Crippen LogP contribution is 2.29. The molecular weight excluding hydrogens is 386 g/mol. The Hall–Kier alpha value is -1.44. The van der Waals surface area contributed by atoms with Gasteiger partial charge < -0.3 is 10.2 Å². The lowest BCUT2D eigenvalue weighted by Crippen LogP contribution is -3.19. The number of benzene rings is 1. The summed E-state index contributed by atoms with van der Waals surface area (Å²) in [6.45, 7) is 8.75. The van der Waals surface area contributed by atoms with Crippen LogP contribution < -0.4 is 10.2 Å². The van der Waals surface area contributed by atoms with E-state index in [0.717, 1.165) is 12.0 Å². The molecule has 2 aliphatic rings. The van der Waals surface area contributed by atoms with Gasteiger partial charge in [0.1, 0.15) is 0 Å². The van der Waals surface area contributed by atoms with Crippen LogP contribution in [0.4, 0.5) is 0 Å². The molecule has 1 aliphatic carbocycles. The van der Waals surface area contributed by atoms with Crippen molar-refractivity contribution in [1.29, 1.82) is 0 Å². The summed E-state index contributed by atoms with van der Waals surface area (Å²) in [6, 6.07) is 9.41. The van der Waals surface area contributed by atoms with Crippen molar-refractivity contribution in [2.24, 2.45) is 11.8 Å². The molecule has 1 aromatic rings. The average molecular weight is 423 g/mol. The van der Waals surface area contributed by atoms with Crippen LogP contribution >= 0.6 is 0 Å². The number of piperazine rings is 1. The predicted molar refractivity (Wildman–Crippen MR) is 115 cm³/mol. The lowest BCUT2D eigenvalue weighted by atomic mass is 9.78. The molecule has 1 aliphatic heterocycles. The molecule has 0 spiro atoms. The molecule has 1 heterocycles. The molecule has 162 valence electrons. The van der Waals surface area contributed by atoms with Gasteiger partial charge in [0, 0.05) is 6.04 Å². The molecule has 1 saturated heterocycles. The second-order valence-corrected chi connectivity index (χ2v) is 10.9. The standard InChI is InChI=1S/C22H35N3O3S/c1-17-8-7-11-21(18(17)2)23-22(26)19(3)24-12-14-25(15-13-24)29(27,28)16-20-9-5-4-6-10-20/h4-6,9-10,17-19,21H,7-8,11-16H2,1-3H3,(H,23,26)/p+1/t17-,18+,19+,21+/m0/s1. The number of hydrogen-bond acceptors (Lipinski definition) is 3. The zero-order valence-corrected chi connectivity index (χ0v) is 18.7. The summed E-state index contributed by atoms with van der Waals surface area (Å²) < 4.78 is 27.0. The van der Waals surface area contributed by atoms with Gasteiger partial charge in [-0.2, -0.15) is 4.31 Å². The Labute approximate surface area is 175 Å². The quantitative estimate of drug-likeness (QED) is 0.720. The number of carbonyl (C=O) groups is 1. The van der Waals surface area contributed by atoms with Crippen molar-refractivity contribution >= 4 is 15.9 Å². The van der Waals surface area contributed by atoms with Crippen LogP contribution in [0.15, 0.2) is 30.3 Å². The molecule has 6 nitrogen and oxygen atoms in total. The molecular formula is C22H36N3O3S+. The van der Waals surface area contributed by atoms with Crippen molar-refractivity contribution in [2.45, 2.75) is 57.9 Å². The van der Waals surface area contributed by atoms with Crippen molar-refractivity contribution in [2.75, 3.05) is 26.2 Å². The summed E-state index contributed by atoms with van der Waals surface area (Å²) in [6.07, 6.45) is 3.48. The summed E-state index contributed by atoms with van der Waals surface area (Å²) in [5, 5.41) is 3.28. The van der Waals surface area contributed by atoms with Crippen LogP contribution in [-0.2, 0) is 20.6 Å². The molecule has 0 bridgehead atoms. The topological polar surface area (TPSA) is 70.9 Å². The molecule has 0 radical (unpaired) electrons. The van der Waals surface area contributed by atoms with Crippen LogP contribution in [0.2, 0.25) is 0 Å². The van der Waals surface area contributed by atoms with Gasteiger partial charge in [-0.3, -0.25) is 4.79 Å². The molecule has 2 fully saturated rings. The van der Waals surface area contributed by atoms with Gasteiger partial charge in [-0.1, -0.05) is 57.0 Å². The van der Waals surface area contributed by atoms with E-state index in [9.17, 15) is 13.2 Å². The third kappa shape index (κ3) is 5.58. The van der Waals surface area contributed by atoms with Crippen LogP contribution in [0.25, 0.3) is 0 Å². The third-order valence-electron chi connectivity index (χ3n) is 6.99. The van der Waals surface area contributed by atoms with E-state index in [1.807, 2.05) is 37.3 Å². The minimum absolute atomic E-state index is 0.0387. The van der Waals surface area contributed by atoms with Crippen molar-refractivity contribution in [1.82, 2.24) is 9.62 Å². The average Bonchev–Trinajstić information content (AvgIpc) is 2.71. The van der Waals surface area contributed by atoms with Crippen LogP contribution in [-0.4, -0.2) is 56.9 Å². The number of hydrogen-bond donors (Lipinski definition) is 2. The van der Waals surface area contributed by atoms with Crippen LogP contribution in [0.1, 0.15) is 45.6 Å². The SMILES string of the molecule is C[C@@H]1[C@@H](C)CCC[C@H]1NC(=O)[C@@H](C)[NH+]1CCN(S(=O)(=O)Cc2ccccc2)CC1. The number of amides is 1. The van der Waals surface area contributed by atoms with E-state index in [1.54, 1.807) is 4.31 Å². The summed E-state index contributed by atoms with van der Waals surface area (Å²) in [5.41, 5.74) is 0.811. The Morgan fingerprint density at radius 1 is 1.17 bits per heavy atom. The highest BCUT2D eigenvalue weighted by atomic mass is 32.2. The van der Waals surface area contributed by atoms with E-state index in [0.29, 0.717) is 38.0 Å². The Kier molecular flexibility index (Phi) is 7.35. The number of sulfonamides is 1. The summed E-state index contributed by atoms with van der Waals surface area (Å²) in [7, 11) is -3.32. The molecule has 3 rings (SSSR count). The number of nitrogens with one attached hydrogen (secondary N) is 2. The fourth-order valence-electron chi connectivity index (χ4n) is 4.64. The number of rotatable bonds is 6. The number of quaternary nitrogens is 1. The summed E-state index contributed by atoms with van der Waals surface area (Å²) in [4.78, 5) is 14.0. The Bertz CT molecular complexity index is 776. The molecule has 0 unspecified atom stereocenters. The fraction of sp³-hybridized carbons (Fsp3) is 0.682. The third-order valence-corrected chi connectivity index (χ3v) is 8.84. The maximum atomic E-state index is 12.8. The van der Waals surface area contributed by atoms with E-state index >= 15 is 0 Å². The zero-order valence-electron chi connectivity index (χ0n) is 17.9. The minimum atomic E-state index is -3.32. The Morgan fingerprint density at radius 2 is 1.83 bits per heavy atom. The molecule has 1 aromatic carbocycles. The van der Waals surface area contributed by atoms with E-state index in [4.69, 9.17) is 0 Å². The van der Waals surface area contributed by atoms with Crippen LogP contribution in [0.3, 0.4) is 0 Å². The molecule has 7 heteroatoms. The highest BCUT2D eigenvalue weighted by Gasteiger charge is 2.35. The normalized spacial score (nSPS) is 28.0. The Morgan fingerprint density at radius 3 is 2.48 bits per heavy atom. The van der Waals surface area contributed by atoms with Gasteiger partial charge in [-0.15, -0.1) is 0 Å². The number of carbonyl (C=O) groups excluding carboxylic acids is 1. The van der Waals surface area contributed by atoms with Gasteiger partial charge in [-0.25, -0.2) is 8.42 Å². The summed E-state index contributed by atoms with van der Waals surface area (Å²) in [5.74, 6) is 1.30. The zero-order chi connectivity index (χ0) is 21.0. The molecule has 4 atom stereocenters. The summed E-state index contributed by atoms with van der Waals surface area (Å²) >= 11 is 0. The first-order valence-corrected chi connectivity index (χ1v) is 12.6. The number of nitrogens with zero attached hydrogens (tertiary/aromatic N) is 1. The Balaban J connectivity index is 1.51. The van der Waals surface area contributed by atoms with Gasteiger partial charge in [-0.05, 0) is 30.7 Å². The molecule has 0 aromatic heterocycles. The van der Waals surface area contributed by atoms with Gasteiger partial charge in [0.2, 0.25) is 10.0 Å². The first kappa shape index (κ1) is 22.2. The first-order valence-electron chi connectivity index (χ1n) is 10.9. The smallest absolute Gasteiger partial charge is 0.278 e. The van der Waals surface area contributed by atoms with Gasteiger partial charge in [0.15, 0.2) is 6.04 Å². The van der Waals surface area contributed by atoms with E-state index in [2.05, 4.69) is 19.2 Å². The van der Waals surface area contributed by atoms with E-state index in [1.165, 1.54) is 17.7 Å². The molecule has 1 saturated carbocycles. The first-order chi connectivity index (χ1) is 13.8. The monoisotopic (exact) mass is 422 g/mol. The highest BCUT2D eigenvalue weighted by molar-refractivity contribution is 7.88. The molecule has 1 amide bonds. The molecule has 29 heavy (non-hydrogen) atoms. The largest absolute Gasteiger partial charge is 0.348 e.